The summed E-state index contributed by atoms with van der Waals surface area (Å²) in [5.41, 5.74) is 2.85. The van der Waals surface area contributed by atoms with E-state index >= 15 is 0 Å². The van der Waals surface area contributed by atoms with E-state index < -0.39 is 0 Å². The molecule has 0 aliphatic carbocycles. The van der Waals surface area contributed by atoms with Crippen molar-refractivity contribution in [2.75, 3.05) is 0 Å². The zero-order chi connectivity index (χ0) is 15.7. The molecule has 0 saturated heterocycles. The van der Waals surface area contributed by atoms with Gasteiger partial charge < -0.3 is 8.94 Å². The van der Waals surface area contributed by atoms with Gasteiger partial charge in [0.2, 0.25) is 0 Å². The Bertz CT molecular complexity index is 798. The molecule has 0 fully saturated rings. The minimum absolute atomic E-state index is 0.845. The van der Waals surface area contributed by atoms with Crippen LogP contribution in [0.3, 0.4) is 0 Å². The fourth-order valence-corrected chi connectivity index (χ4v) is 1.86. The first-order valence-electron chi connectivity index (χ1n) is 6.94. The maximum absolute atomic E-state index is 5.01. The number of nitrogens with zero attached hydrogens (tertiary/aromatic N) is 3. The smallest absolute Gasteiger partial charge is 0.181 e. The van der Waals surface area contributed by atoms with E-state index in [1.165, 1.54) is 12.7 Å². The van der Waals surface area contributed by atoms with E-state index in [0.717, 1.165) is 22.0 Å². The first-order valence-corrected chi connectivity index (χ1v) is 6.94. The topological polar surface area (TPSA) is 80.7 Å². The summed E-state index contributed by atoms with van der Waals surface area (Å²) in [5, 5.41) is 11.3. The molecule has 0 bridgehead atoms. The Balaban J connectivity index is 0.000000107. The van der Waals surface area contributed by atoms with Crippen molar-refractivity contribution in [1.29, 1.82) is 0 Å². The number of rotatable bonds is 0. The molecule has 5 aromatic rings. The number of oxazole rings is 1. The summed E-state index contributed by atoms with van der Waals surface area (Å²) in [6.07, 6.45) is 6.36. The largest absolute Gasteiger partial charge is 0.443 e. The molecule has 0 atom stereocenters. The zero-order valence-corrected chi connectivity index (χ0v) is 12.2. The lowest BCUT2D eigenvalue weighted by atomic mass is 10.3. The van der Waals surface area contributed by atoms with Crippen LogP contribution in [0.1, 0.15) is 0 Å². The predicted octanol–water partition coefficient (Wildman–Crippen LogP) is 4.07. The maximum Gasteiger partial charge on any atom is 0.181 e. The highest BCUT2D eigenvalue weighted by Gasteiger charge is 1.91. The van der Waals surface area contributed by atoms with Gasteiger partial charge in [0.15, 0.2) is 12.0 Å². The molecule has 5 rings (SSSR count). The molecule has 0 spiro atoms. The lowest BCUT2D eigenvalue weighted by Gasteiger charge is -1.81. The molecule has 0 saturated carbocycles. The van der Waals surface area contributed by atoms with E-state index in [1.807, 2.05) is 54.7 Å². The lowest BCUT2D eigenvalue weighted by molar-refractivity contribution is 0.420. The van der Waals surface area contributed by atoms with Gasteiger partial charge in [-0.3, -0.25) is 5.10 Å². The summed E-state index contributed by atoms with van der Waals surface area (Å²) in [5.74, 6) is 0. The quantitative estimate of drug-likeness (QED) is 0.466. The Hall–Kier alpha value is -3.41. The van der Waals surface area contributed by atoms with Crippen LogP contribution < -0.4 is 0 Å². The summed E-state index contributed by atoms with van der Waals surface area (Å²) < 4.78 is 9.34. The van der Waals surface area contributed by atoms with Crippen molar-refractivity contribution in [3.05, 3.63) is 79.6 Å². The SMILES string of the molecule is c1ccc2[nH]ncc2c1.c1ccc2ocnc2c1.c1cnoc1. The van der Waals surface area contributed by atoms with E-state index in [0.29, 0.717) is 0 Å². The molecule has 114 valence electrons. The van der Waals surface area contributed by atoms with Crippen LogP contribution in [0.5, 0.6) is 0 Å². The van der Waals surface area contributed by atoms with Crippen LogP contribution in [0.15, 0.2) is 88.6 Å². The average molecular weight is 306 g/mol. The Labute approximate surface area is 131 Å². The van der Waals surface area contributed by atoms with Crippen molar-refractivity contribution in [2.45, 2.75) is 0 Å². The van der Waals surface area contributed by atoms with Crippen LogP contribution in [0, 0.1) is 0 Å². The van der Waals surface area contributed by atoms with Crippen molar-refractivity contribution in [1.82, 2.24) is 20.3 Å². The summed E-state index contributed by atoms with van der Waals surface area (Å²) in [6.45, 7) is 0. The summed E-state index contributed by atoms with van der Waals surface area (Å²) >= 11 is 0. The molecule has 0 aliphatic rings. The number of aromatic amines is 1. The number of hydrogen-bond acceptors (Lipinski definition) is 5. The Kier molecular flexibility index (Phi) is 4.77. The number of fused-ring (bicyclic) bond motifs is 2. The van der Waals surface area contributed by atoms with E-state index in [9.17, 15) is 0 Å². The molecule has 0 radical (unpaired) electrons. The van der Waals surface area contributed by atoms with Gasteiger partial charge in [-0.1, -0.05) is 35.5 Å². The van der Waals surface area contributed by atoms with Crippen LogP contribution in [0.25, 0.3) is 22.0 Å². The minimum atomic E-state index is 0.845. The van der Waals surface area contributed by atoms with Crippen molar-refractivity contribution in [3.8, 4) is 0 Å². The molecular formula is C17H14N4O2. The number of benzene rings is 2. The predicted molar refractivity (Wildman–Crippen MR) is 86.6 cm³/mol. The van der Waals surface area contributed by atoms with Crippen molar-refractivity contribution >= 4 is 22.0 Å². The molecule has 3 aromatic heterocycles. The number of nitrogens with one attached hydrogen (secondary N) is 1. The summed E-state index contributed by atoms with van der Waals surface area (Å²) in [7, 11) is 0. The number of aromatic nitrogens is 4. The molecule has 1 N–H and O–H groups in total. The van der Waals surface area contributed by atoms with Gasteiger partial charge in [0, 0.05) is 5.39 Å². The molecule has 0 aliphatic heterocycles. The van der Waals surface area contributed by atoms with Crippen molar-refractivity contribution < 1.29 is 8.94 Å². The molecule has 0 amide bonds. The van der Waals surface area contributed by atoms with Crippen LogP contribution in [0.2, 0.25) is 0 Å². The van der Waals surface area contributed by atoms with E-state index in [4.69, 9.17) is 4.42 Å². The Morgan fingerprint density at radius 1 is 0.913 bits per heavy atom. The monoisotopic (exact) mass is 306 g/mol. The van der Waals surface area contributed by atoms with Gasteiger partial charge in [-0.25, -0.2) is 4.98 Å². The molecule has 6 nitrogen and oxygen atoms in total. The Morgan fingerprint density at radius 3 is 2.52 bits per heavy atom. The highest BCUT2D eigenvalue weighted by atomic mass is 16.5. The van der Waals surface area contributed by atoms with Crippen molar-refractivity contribution in [2.24, 2.45) is 0 Å². The van der Waals surface area contributed by atoms with Crippen LogP contribution in [0.4, 0.5) is 0 Å². The normalized spacial score (nSPS) is 9.74. The zero-order valence-electron chi connectivity index (χ0n) is 12.2. The Morgan fingerprint density at radius 2 is 1.78 bits per heavy atom. The summed E-state index contributed by atoms with van der Waals surface area (Å²) in [4.78, 5) is 3.95. The van der Waals surface area contributed by atoms with Gasteiger partial charge in [-0.2, -0.15) is 5.10 Å². The third-order valence-electron chi connectivity index (χ3n) is 2.93. The number of hydrogen-bond donors (Lipinski definition) is 1. The average Bonchev–Trinajstić information content (AvgIpc) is 3.37. The highest BCUT2D eigenvalue weighted by molar-refractivity contribution is 5.77. The molecule has 6 heteroatoms. The highest BCUT2D eigenvalue weighted by Crippen LogP contribution is 2.09. The number of para-hydroxylation sites is 3. The van der Waals surface area contributed by atoms with Crippen molar-refractivity contribution in [3.63, 3.8) is 0 Å². The van der Waals surface area contributed by atoms with Gasteiger partial charge >= 0.3 is 0 Å². The fourth-order valence-electron chi connectivity index (χ4n) is 1.86. The van der Waals surface area contributed by atoms with E-state index in [2.05, 4.69) is 24.9 Å². The van der Waals surface area contributed by atoms with Crippen LogP contribution in [-0.4, -0.2) is 20.3 Å². The number of H-pyrrole nitrogens is 1. The standard InChI is InChI=1S/C7H6N2.C7H5NO.C3H3NO/c1-2-4-7-6(3-1)5-8-9-7;1-2-4-7-6(3-1)8-5-9-7;1-2-4-5-3-1/h1-5H,(H,8,9);1-5H;1-3H. The van der Waals surface area contributed by atoms with E-state index in [-0.39, 0.29) is 0 Å². The van der Waals surface area contributed by atoms with Gasteiger partial charge in [0.05, 0.1) is 17.9 Å². The van der Waals surface area contributed by atoms with E-state index in [1.54, 1.807) is 12.3 Å². The first kappa shape index (κ1) is 14.5. The molecule has 2 aromatic carbocycles. The van der Waals surface area contributed by atoms with Gasteiger partial charge in [-0.05, 0) is 24.3 Å². The van der Waals surface area contributed by atoms with Crippen LogP contribution >= 0.6 is 0 Å². The molecule has 0 unspecified atom stereocenters. The second-order valence-corrected chi connectivity index (χ2v) is 4.47. The third kappa shape index (κ3) is 4.04. The maximum atomic E-state index is 5.01. The first-order chi connectivity index (χ1) is 11.4. The van der Waals surface area contributed by atoms with Gasteiger partial charge in [-0.15, -0.1) is 0 Å². The van der Waals surface area contributed by atoms with Gasteiger partial charge in [0.1, 0.15) is 11.8 Å². The third-order valence-corrected chi connectivity index (χ3v) is 2.93. The second-order valence-electron chi connectivity index (χ2n) is 4.47. The van der Waals surface area contributed by atoms with Crippen LogP contribution in [-0.2, 0) is 0 Å². The second kappa shape index (κ2) is 7.56. The fraction of sp³-hybridized carbons (Fsp3) is 0. The molecular weight excluding hydrogens is 292 g/mol. The lowest BCUT2D eigenvalue weighted by Crippen LogP contribution is -1.63. The van der Waals surface area contributed by atoms with Gasteiger partial charge in [0.25, 0.3) is 0 Å². The molecule has 3 heterocycles. The molecule has 23 heavy (non-hydrogen) atoms. The summed E-state index contributed by atoms with van der Waals surface area (Å²) in [6, 6.07) is 17.4. The minimum Gasteiger partial charge on any atom is -0.443 e.